The van der Waals surface area contributed by atoms with Crippen LogP contribution in [0.4, 0.5) is 0 Å². The molecule has 1 N–H and O–H groups in total. The zero-order chi connectivity index (χ0) is 6.41. The monoisotopic (exact) mass is 114 g/mol. The number of rotatable bonds is 4. The molecule has 0 radical (unpaired) electrons. The Hall–Kier alpha value is -0.275. The fraction of sp³-hybridized carbons (Fsp3) is 0.600. The minimum absolute atomic E-state index is 0.618. The molecule has 0 spiro atoms. The van der Waals surface area contributed by atoms with Crippen molar-refractivity contribution < 1.29 is 9.68 Å². The van der Waals surface area contributed by atoms with Crippen LogP contribution in [0.1, 0.15) is 6.42 Å². The first-order chi connectivity index (χ1) is 3.81. The molecule has 0 heterocycles. The molecular formula is C5H11BO2. The topological polar surface area (TPSA) is 29.5 Å². The molecule has 0 aromatic carbocycles. The van der Waals surface area contributed by atoms with Crippen molar-refractivity contribution in [3.05, 3.63) is 12.7 Å². The van der Waals surface area contributed by atoms with Gasteiger partial charge in [0.1, 0.15) is 0 Å². The molecule has 3 heteroatoms. The van der Waals surface area contributed by atoms with E-state index in [0.717, 1.165) is 6.42 Å². The van der Waals surface area contributed by atoms with Crippen LogP contribution >= 0.6 is 0 Å². The average Bonchev–Trinajstić information content (AvgIpc) is 1.83. The lowest BCUT2D eigenvalue weighted by Crippen LogP contribution is -2.13. The van der Waals surface area contributed by atoms with Gasteiger partial charge in [-0.25, -0.2) is 0 Å². The Morgan fingerprint density at radius 1 is 1.88 bits per heavy atom. The van der Waals surface area contributed by atoms with E-state index >= 15 is 0 Å². The smallest absolute Gasteiger partial charge is 0.427 e. The highest BCUT2D eigenvalue weighted by atomic mass is 16.5. The summed E-state index contributed by atoms with van der Waals surface area (Å²) in [6.07, 6.45) is 3.19. The molecule has 0 aliphatic heterocycles. The lowest BCUT2D eigenvalue weighted by atomic mass is 9.84. The summed E-state index contributed by atoms with van der Waals surface area (Å²) < 4.78 is 4.56. The quantitative estimate of drug-likeness (QED) is 0.430. The van der Waals surface area contributed by atoms with Crippen LogP contribution in [0.3, 0.4) is 0 Å². The standard InChI is InChI=1S/C5H11BO2/c1-3-4-5-6(7)8-2/h3,7H,1,4-5H2,2H3. The Kier molecular flexibility index (Phi) is 4.71. The second-order valence-corrected chi connectivity index (χ2v) is 1.56. The third kappa shape index (κ3) is 3.90. The van der Waals surface area contributed by atoms with Gasteiger partial charge in [0.15, 0.2) is 0 Å². The van der Waals surface area contributed by atoms with Gasteiger partial charge >= 0.3 is 7.12 Å². The van der Waals surface area contributed by atoms with Gasteiger partial charge in [-0.15, -0.1) is 6.58 Å². The molecule has 0 amide bonds. The van der Waals surface area contributed by atoms with Crippen LogP contribution in [0, 0.1) is 0 Å². The van der Waals surface area contributed by atoms with Crippen molar-refractivity contribution in [2.75, 3.05) is 7.11 Å². The molecule has 0 unspecified atom stereocenters. The molecule has 0 aromatic rings. The molecule has 0 rings (SSSR count). The Morgan fingerprint density at radius 3 is 2.88 bits per heavy atom. The van der Waals surface area contributed by atoms with E-state index in [0.29, 0.717) is 6.32 Å². The van der Waals surface area contributed by atoms with Crippen LogP contribution in [0.25, 0.3) is 0 Å². The fourth-order valence-corrected chi connectivity index (χ4v) is 0.378. The molecule has 0 aliphatic carbocycles. The van der Waals surface area contributed by atoms with Crippen LogP contribution in [-0.4, -0.2) is 19.3 Å². The molecule has 8 heavy (non-hydrogen) atoms. The molecule has 0 aliphatic rings. The lowest BCUT2D eigenvalue weighted by molar-refractivity contribution is 0.326. The minimum atomic E-state index is -0.618. The van der Waals surface area contributed by atoms with E-state index in [2.05, 4.69) is 11.2 Å². The van der Waals surface area contributed by atoms with Crippen LogP contribution in [-0.2, 0) is 4.65 Å². The van der Waals surface area contributed by atoms with Gasteiger partial charge < -0.3 is 9.68 Å². The number of allylic oxidation sites excluding steroid dienone is 1. The highest BCUT2D eigenvalue weighted by Gasteiger charge is 2.06. The van der Waals surface area contributed by atoms with Crippen LogP contribution in [0.2, 0.25) is 6.32 Å². The van der Waals surface area contributed by atoms with E-state index in [9.17, 15) is 0 Å². The van der Waals surface area contributed by atoms with Gasteiger partial charge in [-0.3, -0.25) is 0 Å². The van der Waals surface area contributed by atoms with Crippen molar-refractivity contribution in [3.63, 3.8) is 0 Å². The van der Waals surface area contributed by atoms with E-state index in [-0.39, 0.29) is 0 Å². The average molecular weight is 114 g/mol. The maximum Gasteiger partial charge on any atom is 0.454 e. The summed E-state index contributed by atoms with van der Waals surface area (Å²) in [5.41, 5.74) is 0. The molecule has 0 aromatic heterocycles. The summed E-state index contributed by atoms with van der Waals surface area (Å²) in [4.78, 5) is 0. The highest BCUT2D eigenvalue weighted by Crippen LogP contribution is 1.94. The van der Waals surface area contributed by atoms with Crippen molar-refractivity contribution in [1.82, 2.24) is 0 Å². The molecular weight excluding hydrogens is 103 g/mol. The van der Waals surface area contributed by atoms with Crippen molar-refractivity contribution in [2.45, 2.75) is 12.7 Å². The van der Waals surface area contributed by atoms with Gasteiger partial charge in [-0.2, -0.15) is 0 Å². The SMILES string of the molecule is C=CCCB(O)OC. The molecule has 46 valence electrons. The summed E-state index contributed by atoms with van der Waals surface area (Å²) in [6, 6.07) is 0. The van der Waals surface area contributed by atoms with Gasteiger partial charge in [0.05, 0.1) is 0 Å². The van der Waals surface area contributed by atoms with Gasteiger partial charge in [-0.1, -0.05) is 6.08 Å². The Balaban J connectivity index is 2.97. The fourth-order valence-electron chi connectivity index (χ4n) is 0.378. The van der Waals surface area contributed by atoms with Gasteiger partial charge in [-0.05, 0) is 12.7 Å². The van der Waals surface area contributed by atoms with Crippen molar-refractivity contribution in [3.8, 4) is 0 Å². The first-order valence-corrected chi connectivity index (χ1v) is 2.63. The molecule has 2 nitrogen and oxygen atoms in total. The summed E-state index contributed by atoms with van der Waals surface area (Å²) in [6.45, 7) is 3.50. The van der Waals surface area contributed by atoms with E-state index in [1.54, 1.807) is 6.08 Å². The summed E-state index contributed by atoms with van der Waals surface area (Å²) in [5.74, 6) is 0. The normalized spacial score (nSPS) is 8.75. The van der Waals surface area contributed by atoms with Crippen LogP contribution in [0.5, 0.6) is 0 Å². The van der Waals surface area contributed by atoms with Crippen LogP contribution < -0.4 is 0 Å². The lowest BCUT2D eigenvalue weighted by Gasteiger charge is -1.97. The van der Waals surface area contributed by atoms with Crippen molar-refractivity contribution >= 4 is 7.12 Å². The van der Waals surface area contributed by atoms with E-state index in [1.165, 1.54) is 7.11 Å². The first-order valence-electron chi connectivity index (χ1n) is 2.63. The summed E-state index contributed by atoms with van der Waals surface area (Å²) in [7, 11) is 0.862. The third-order valence-electron chi connectivity index (χ3n) is 0.890. The Morgan fingerprint density at radius 2 is 2.50 bits per heavy atom. The van der Waals surface area contributed by atoms with E-state index in [1.807, 2.05) is 0 Å². The largest absolute Gasteiger partial charge is 0.454 e. The van der Waals surface area contributed by atoms with E-state index < -0.39 is 7.12 Å². The van der Waals surface area contributed by atoms with Gasteiger partial charge in [0.25, 0.3) is 0 Å². The molecule has 0 atom stereocenters. The predicted molar refractivity (Wildman–Crippen MR) is 34.6 cm³/mol. The van der Waals surface area contributed by atoms with E-state index in [4.69, 9.17) is 5.02 Å². The van der Waals surface area contributed by atoms with Gasteiger partial charge in [0.2, 0.25) is 0 Å². The second kappa shape index (κ2) is 4.87. The molecule has 0 fully saturated rings. The third-order valence-corrected chi connectivity index (χ3v) is 0.890. The summed E-state index contributed by atoms with van der Waals surface area (Å²) in [5, 5.41) is 8.72. The number of hydrogen-bond donors (Lipinski definition) is 1. The molecule has 0 saturated carbocycles. The Labute approximate surface area is 50.3 Å². The van der Waals surface area contributed by atoms with Crippen LogP contribution in [0.15, 0.2) is 12.7 Å². The second-order valence-electron chi connectivity index (χ2n) is 1.56. The summed E-state index contributed by atoms with van der Waals surface area (Å²) >= 11 is 0. The molecule has 0 bridgehead atoms. The highest BCUT2D eigenvalue weighted by molar-refractivity contribution is 6.42. The molecule has 0 saturated heterocycles. The zero-order valence-electron chi connectivity index (χ0n) is 5.13. The number of hydrogen-bond acceptors (Lipinski definition) is 2. The van der Waals surface area contributed by atoms with Crippen molar-refractivity contribution in [2.24, 2.45) is 0 Å². The first kappa shape index (κ1) is 7.72. The Bertz CT molecular complexity index is 65.4. The van der Waals surface area contributed by atoms with Crippen molar-refractivity contribution in [1.29, 1.82) is 0 Å². The maximum atomic E-state index is 8.72. The van der Waals surface area contributed by atoms with Gasteiger partial charge in [0, 0.05) is 7.11 Å². The predicted octanol–water partition coefficient (Wildman–Crippen LogP) is 0.689. The maximum absolute atomic E-state index is 8.72. The minimum Gasteiger partial charge on any atom is -0.427 e. The zero-order valence-corrected chi connectivity index (χ0v) is 5.13.